The summed E-state index contributed by atoms with van der Waals surface area (Å²) >= 11 is 0. The highest BCUT2D eigenvalue weighted by Gasteiger charge is 2.27. The Morgan fingerprint density at radius 3 is 2.37 bits per heavy atom. The van der Waals surface area contributed by atoms with E-state index in [4.69, 9.17) is 0 Å². The van der Waals surface area contributed by atoms with Gasteiger partial charge in [0.25, 0.3) is 0 Å². The standard InChI is InChI=1S/C14H30N4.HI/c1-4-6-7-10-16-14(15-3)17-11-12-18(5-2)13-8-9-13;/h13H,4-12H2,1-3H3,(H2,15,16,17);1H. The maximum atomic E-state index is 4.24. The van der Waals surface area contributed by atoms with Gasteiger partial charge in [0, 0.05) is 32.7 Å². The van der Waals surface area contributed by atoms with Crippen molar-refractivity contribution in [2.45, 2.75) is 52.0 Å². The zero-order valence-corrected chi connectivity index (χ0v) is 15.1. The van der Waals surface area contributed by atoms with Gasteiger partial charge in [-0.2, -0.15) is 0 Å². The van der Waals surface area contributed by atoms with Crippen molar-refractivity contribution in [3.05, 3.63) is 0 Å². The quantitative estimate of drug-likeness (QED) is 0.279. The molecular weight excluding hydrogens is 351 g/mol. The smallest absolute Gasteiger partial charge is 0.191 e. The molecule has 0 heterocycles. The molecule has 4 nitrogen and oxygen atoms in total. The van der Waals surface area contributed by atoms with Gasteiger partial charge in [0.15, 0.2) is 5.96 Å². The van der Waals surface area contributed by atoms with Crippen LogP contribution < -0.4 is 10.6 Å². The van der Waals surface area contributed by atoms with E-state index >= 15 is 0 Å². The number of guanidine groups is 1. The topological polar surface area (TPSA) is 39.7 Å². The van der Waals surface area contributed by atoms with Crippen LogP contribution in [0, 0.1) is 0 Å². The second-order valence-corrected chi connectivity index (χ2v) is 4.99. The lowest BCUT2D eigenvalue weighted by molar-refractivity contribution is 0.282. The predicted molar refractivity (Wildman–Crippen MR) is 94.6 cm³/mol. The Morgan fingerprint density at radius 1 is 1.16 bits per heavy atom. The molecule has 0 aromatic rings. The van der Waals surface area contributed by atoms with E-state index in [0.717, 1.165) is 38.2 Å². The predicted octanol–water partition coefficient (Wildman–Crippen LogP) is 2.44. The molecule has 0 bridgehead atoms. The van der Waals surface area contributed by atoms with Crippen molar-refractivity contribution in [1.29, 1.82) is 0 Å². The van der Waals surface area contributed by atoms with Gasteiger partial charge < -0.3 is 10.6 Å². The first kappa shape index (κ1) is 19.0. The van der Waals surface area contributed by atoms with E-state index in [1.165, 1.54) is 32.1 Å². The Kier molecular flexibility index (Phi) is 11.7. The van der Waals surface area contributed by atoms with Crippen molar-refractivity contribution in [3.8, 4) is 0 Å². The summed E-state index contributed by atoms with van der Waals surface area (Å²) in [5.74, 6) is 0.943. The zero-order valence-electron chi connectivity index (χ0n) is 12.7. The molecule has 1 saturated carbocycles. The molecule has 0 amide bonds. The minimum Gasteiger partial charge on any atom is -0.356 e. The number of hydrogen-bond donors (Lipinski definition) is 2. The fraction of sp³-hybridized carbons (Fsp3) is 0.929. The van der Waals surface area contributed by atoms with Gasteiger partial charge in [-0.15, -0.1) is 24.0 Å². The van der Waals surface area contributed by atoms with Crippen LogP contribution in [0.4, 0.5) is 0 Å². The van der Waals surface area contributed by atoms with Crippen molar-refractivity contribution in [1.82, 2.24) is 15.5 Å². The zero-order chi connectivity index (χ0) is 13.2. The largest absolute Gasteiger partial charge is 0.356 e. The molecule has 1 fully saturated rings. The molecule has 1 aliphatic carbocycles. The van der Waals surface area contributed by atoms with Gasteiger partial charge in [0.05, 0.1) is 0 Å². The molecule has 0 aromatic carbocycles. The minimum atomic E-state index is 0. The molecular formula is C14H31IN4. The molecule has 2 N–H and O–H groups in total. The third-order valence-corrected chi connectivity index (χ3v) is 3.46. The SMILES string of the molecule is CCCCCNC(=NC)NCCN(CC)C1CC1.I. The Bertz CT molecular complexity index is 242. The highest BCUT2D eigenvalue weighted by molar-refractivity contribution is 14.0. The Balaban J connectivity index is 0.00000324. The molecule has 0 unspecified atom stereocenters. The molecule has 0 saturated heterocycles. The molecule has 0 radical (unpaired) electrons. The van der Waals surface area contributed by atoms with Crippen molar-refractivity contribution in [2.24, 2.45) is 4.99 Å². The number of rotatable bonds is 9. The summed E-state index contributed by atoms with van der Waals surface area (Å²) in [5, 5.41) is 6.75. The number of nitrogens with one attached hydrogen (secondary N) is 2. The third-order valence-electron chi connectivity index (χ3n) is 3.46. The van der Waals surface area contributed by atoms with Gasteiger partial charge in [-0.25, -0.2) is 0 Å². The molecule has 5 heteroatoms. The first-order valence-electron chi connectivity index (χ1n) is 7.50. The molecule has 0 spiro atoms. The van der Waals surface area contributed by atoms with Gasteiger partial charge in [-0.3, -0.25) is 9.89 Å². The highest BCUT2D eigenvalue weighted by atomic mass is 127. The molecule has 0 aromatic heterocycles. The minimum absolute atomic E-state index is 0. The Labute approximate surface area is 135 Å². The average Bonchev–Trinajstić information content (AvgIpc) is 3.21. The summed E-state index contributed by atoms with van der Waals surface area (Å²) in [4.78, 5) is 6.80. The van der Waals surface area contributed by atoms with Crippen molar-refractivity contribution in [3.63, 3.8) is 0 Å². The molecule has 114 valence electrons. The third kappa shape index (κ3) is 8.68. The van der Waals surface area contributed by atoms with E-state index in [1.807, 2.05) is 7.05 Å². The highest BCUT2D eigenvalue weighted by Crippen LogP contribution is 2.25. The maximum Gasteiger partial charge on any atom is 0.191 e. The lowest BCUT2D eigenvalue weighted by atomic mass is 10.2. The van der Waals surface area contributed by atoms with E-state index in [0.29, 0.717) is 0 Å². The monoisotopic (exact) mass is 382 g/mol. The van der Waals surface area contributed by atoms with Gasteiger partial charge in [0.1, 0.15) is 0 Å². The number of nitrogens with zero attached hydrogens (tertiary/aromatic N) is 2. The molecule has 0 atom stereocenters. The number of hydrogen-bond acceptors (Lipinski definition) is 2. The van der Waals surface area contributed by atoms with E-state index in [9.17, 15) is 0 Å². The van der Waals surface area contributed by atoms with Gasteiger partial charge in [0.2, 0.25) is 0 Å². The van der Waals surface area contributed by atoms with Crippen LogP contribution in [-0.4, -0.2) is 50.1 Å². The summed E-state index contributed by atoms with van der Waals surface area (Å²) in [7, 11) is 1.84. The van der Waals surface area contributed by atoms with E-state index < -0.39 is 0 Å². The summed E-state index contributed by atoms with van der Waals surface area (Å²) < 4.78 is 0. The van der Waals surface area contributed by atoms with Crippen LogP contribution in [0.25, 0.3) is 0 Å². The second kappa shape index (κ2) is 11.8. The lowest BCUT2D eigenvalue weighted by Crippen LogP contribution is -2.42. The van der Waals surface area contributed by atoms with Crippen LogP contribution in [0.15, 0.2) is 4.99 Å². The Hall–Kier alpha value is -0.0400. The van der Waals surface area contributed by atoms with Gasteiger partial charge in [-0.05, 0) is 25.8 Å². The first-order chi connectivity index (χ1) is 8.81. The van der Waals surface area contributed by atoms with Crippen LogP contribution in [0.5, 0.6) is 0 Å². The summed E-state index contributed by atoms with van der Waals surface area (Å²) in [5.41, 5.74) is 0. The normalized spacial score (nSPS) is 15.3. The summed E-state index contributed by atoms with van der Waals surface area (Å²) in [6.45, 7) is 8.76. The fourth-order valence-electron chi connectivity index (χ4n) is 2.16. The van der Waals surface area contributed by atoms with Crippen molar-refractivity contribution >= 4 is 29.9 Å². The lowest BCUT2D eigenvalue weighted by Gasteiger charge is -2.20. The molecule has 1 rings (SSSR count). The van der Waals surface area contributed by atoms with Gasteiger partial charge in [-0.1, -0.05) is 26.7 Å². The molecule has 1 aliphatic rings. The average molecular weight is 382 g/mol. The van der Waals surface area contributed by atoms with Crippen LogP contribution in [0.1, 0.15) is 46.0 Å². The van der Waals surface area contributed by atoms with E-state index in [1.54, 1.807) is 0 Å². The van der Waals surface area contributed by atoms with Crippen molar-refractivity contribution in [2.75, 3.05) is 33.2 Å². The first-order valence-corrected chi connectivity index (χ1v) is 7.50. The van der Waals surface area contributed by atoms with Crippen LogP contribution in [0.2, 0.25) is 0 Å². The number of halogens is 1. The number of aliphatic imine (C=N–C) groups is 1. The Morgan fingerprint density at radius 2 is 1.84 bits per heavy atom. The van der Waals surface area contributed by atoms with Crippen LogP contribution in [-0.2, 0) is 0 Å². The number of likely N-dealkylation sites (N-methyl/N-ethyl adjacent to an activating group) is 1. The van der Waals surface area contributed by atoms with E-state index in [-0.39, 0.29) is 24.0 Å². The fourth-order valence-corrected chi connectivity index (χ4v) is 2.16. The summed E-state index contributed by atoms with van der Waals surface area (Å²) in [6.07, 6.45) is 6.55. The molecule has 0 aliphatic heterocycles. The number of unbranched alkanes of at least 4 members (excludes halogenated alkanes) is 2. The summed E-state index contributed by atoms with van der Waals surface area (Å²) in [6, 6.07) is 0.858. The maximum absolute atomic E-state index is 4.24. The molecule has 19 heavy (non-hydrogen) atoms. The van der Waals surface area contributed by atoms with Crippen LogP contribution in [0.3, 0.4) is 0 Å². The van der Waals surface area contributed by atoms with E-state index in [2.05, 4.69) is 34.4 Å². The van der Waals surface area contributed by atoms with Crippen LogP contribution >= 0.6 is 24.0 Å². The van der Waals surface area contributed by atoms with Gasteiger partial charge >= 0.3 is 0 Å². The second-order valence-electron chi connectivity index (χ2n) is 4.99. The van der Waals surface area contributed by atoms with Crippen molar-refractivity contribution < 1.29 is 0 Å².